The quantitative estimate of drug-likeness (QED) is 0.154. The molecular formula is C34H42N6O. The van der Waals surface area contributed by atoms with Gasteiger partial charge in [0.05, 0.1) is 5.71 Å². The molecule has 214 valence electrons. The number of hydrogen-bond donors (Lipinski definition) is 3. The van der Waals surface area contributed by atoms with Gasteiger partial charge in [-0.3, -0.25) is 15.4 Å². The second-order valence-corrected chi connectivity index (χ2v) is 12.1. The Balaban J connectivity index is 1.14. The zero-order chi connectivity index (χ0) is 28.3. The number of nitrogen functional groups attached to an aromatic ring is 1. The molecule has 0 amide bonds. The van der Waals surface area contributed by atoms with Crippen molar-refractivity contribution >= 4 is 22.2 Å². The number of benzene rings is 3. The number of aromatic amines is 1. The van der Waals surface area contributed by atoms with Gasteiger partial charge >= 0.3 is 0 Å². The number of H-pyrrole nitrogens is 1. The van der Waals surface area contributed by atoms with Crippen LogP contribution >= 0.6 is 0 Å². The van der Waals surface area contributed by atoms with Crippen LogP contribution in [-0.4, -0.2) is 51.0 Å². The van der Waals surface area contributed by atoms with E-state index in [1.54, 1.807) is 0 Å². The molecule has 7 heteroatoms. The third-order valence-corrected chi connectivity index (χ3v) is 9.16. The van der Waals surface area contributed by atoms with Crippen molar-refractivity contribution < 1.29 is 4.74 Å². The Labute approximate surface area is 243 Å². The van der Waals surface area contributed by atoms with E-state index in [1.807, 2.05) is 30.3 Å². The molecule has 4 N–H and O–H groups in total. The molecule has 0 bridgehead atoms. The molecule has 1 saturated carbocycles. The van der Waals surface area contributed by atoms with Crippen molar-refractivity contribution in [2.75, 3.05) is 18.9 Å². The summed E-state index contributed by atoms with van der Waals surface area (Å²) >= 11 is 0. The molecule has 1 saturated heterocycles. The number of nitrogens with zero attached hydrogens (tertiary/aromatic N) is 3. The van der Waals surface area contributed by atoms with Crippen LogP contribution in [0.4, 0.5) is 5.69 Å². The van der Waals surface area contributed by atoms with Gasteiger partial charge in [0, 0.05) is 47.4 Å². The summed E-state index contributed by atoms with van der Waals surface area (Å²) in [5.41, 5.74) is 9.69. The highest BCUT2D eigenvalue weighted by atomic mass is 16.5. The predicted octanol–water partition coefficient (Wildman–Crippen LogP) is 7.00. The summed E-state index contributed by atoms with van der Waals surface area (Å²) in [6.45, 7) is 6.29. The van der Waals surface area contributed by atoms with Crippen molar-refractivity contribution in [1.29, 1.82) is 5.41 Å². The lowest BCUT2D eigenvalue weighted by atomic mass is 9.96. The first-order chi connectivity index (χ1) is 19.9. The van der Waals surface area contributed by atoms with E-state index in [1.165, 1.54) is 44.9 Å². The second kappa shape index (κ2) is 12.0. The summed E-state index contributed by atoms with van der Waals surface area (Å²) in [5, 5.41) is 18.8. The number of likely N-dealkylation sites (tertiary alicyclic amines) is 1. The zero-order valence-corrected chi connectivity index (χ0v) is 24.3. The van der Waals surface area contributed by atoms with Crippen LogP contribution in [0.15, 0.2) is 54.6 Å². The summed E-state index contributed by atoms with van der Waals surface area (Å²) in [6, 6.07) is 19.3. The third-order valence-electron chi connectivity index (χ3n) is 9.16. The molecule has 0 spiro atoms. The fraction of sp³-hybridized carbons (Fsp3) is 0.441. The Hall–Kier alpha value is -3.71. The lowest BCUT2D eigenvalue weighted by molar-refractivity contribution is 0.0852. The van der Waals surface area contributed by atoms with Gasteiger partial charge in [-0.15, -0.1) is 0 Å². The van der Waals surface area contributed by atoms with Gasteiger partial charge in [0.25, 0.3) is 0 Å². The molecule has 2 atom stereocenters. The van der Waals surface area contributed by atoms with Gasteiger partial charge < -0.3 is 10.5 Å². The third kappa shape index (κ3) is 6.15. The van der Waals surface area contributed by atoms with E-state index in [-0.39, 0.29) is 0 Å². The zero-order valence-electron chi connectivity index (χ0n) is 24.3. The minimum atomic E-state index is 0.387. The van der Waals surface area contributed by atoms with Crippen LogP contribution in [0.1, 0.15) is 75.7 Å². The molecule has 41 heavy (non-hydrogen) atoms. The Bertz CT molecular complexity index is 1510. The summed E-state index contributed by atoms with van der Waals surface area (Å²) in [7, 11) is 0. The van der Waals surface area contributed by atoms with Crippen molar-refractivity contribution in [2.24, 2.45) is 5.92 Å². The van der Waals surface area contributed by atoms with E-state index in [0.29, 0.717) is 47.4 Å². The summed E-state index contributed by atoms with van der Waals surface area (Å²) in [6.07, 6.45) is 10.00. The molecule has 1 aliphatic heterocycles. The van der Waals surface area contributed by atoms with E-state index >= 15 is 0 Å². The highest BCUT2D eigenvalue weighted by Gasteiger charge is 2.24. The Morgan fingerprint density at radius 3 is 2.51 bits per heavy atom. The molecule has 2 aliphatic rings. The van der Waals surface area contributed by atoms with E-state index in [0.717, 1.165) is 46.4 Å². The van der Waals surface area contributed by atoms with E-state index in [4.69, 9.17) is 20.9 Å². The van der Waals surface area contributed by atoms with Gasteiger partial charge in [-0.25, -0.2) is 4.98 Å². The van der Waals surface area contributed by atoms with Crippen molar-refractivity contribution in [2.45, 2.75) is 77.3 Å². The van der Waals surface area contributed by atoms with Gasteiger partial charge in [0.1, 0.15) is 18.2 Å². The highest BCUT2D eigenvalue weighted by Crippen LogP contribution is 2.29. The minimum absolute atomic E-state index is 0.387. The van der Waals surface area contributed by atoms with Crippen LogP contribution in [0.3, 0.4) is 0 Å². The average Bonchev–Trinajstić information content (AvgIpc) is 3.67. The summed E-state index contributed by atoms with van der Waals surface area (Å²) in [5.74, 6) is 3.18. The number of ether oxygens (including phenoxy) is 1. The molecule has 1 aromatic heterocycles. The molecule has 3 aromatic carbocycles. The molecular weight excluding hydrogens is 508 g/mol. The number of anilines is 1. The lowest BCUT2D eigenvalue weighted by Gasteiger charge is -2.38. The maximum Gasteiger partial charge on any atom is 0.181 e. The van der Waals surface area contributed by atoms with E-state index < -0.39 is 0 Å². The number of piperidine rings is 1. The van der Waals surface area contributed by atoms with Crippen molar-refractivity contribution in [3.63, 3.8) is 0 Å². The van der Waals surface area contributed by atoms with Crippen LogP contribution in [0.5, 0.6) is 5.75 Å². The van der Waals surface area contributed by atoms with Crippen LogP contribution in [0, 0.1) is 11.3 Å². The number of rotatable bonds is 9. The van der Waals surface area contributed by atoms with Gasteiger partial charge in [0.15, 0.2) is 5.82 Å². The first kappa shape index (κ1) is 27.5. The van der Waals surface area contributed by atoms with Crippen LogP contribution in [0.2, 0.25) is 0 Å². The predicted molar refractivity (Wildman–Crippen MR) is 167 cm³/mol. The van der Waals surface area contributed by atoms with Gasteiger partial charge in [-0.1, -0.05) is 50.3 Å². The lowest BCUT2D eigenvalue weighted by Crippen LogP contribution is -2.45. The average molecular weight is 551 g/mol. The first-order valence-corrected chi connectivity index (χ1v) is 15.3. The molecule has 6 rings (SSSR count). The number of nitrogens with two attached hydrogens (primary N) is 1. The fourth-order valence-electron chi connectivity index (χ4n) is 6.72. The Morgan fingerprint density at radius 1 is 0.951 bits per heavy atom. The van der Waals surface area contributed by atoms with E-state index in [2.05, 4.69) is 53.2 Å². The number of aromatic nitrogens is 3. The smallest absolute Gasteiger partial charge is 0.181 e. The number of hydrogen-bond acceptors (Lipinski definition) is 6. The number of nitrogens with one attached hydrogen (secondary N) is 2. The minimum Gasteiger partial charge on any atom is -0.492 e. The molecule has 2 heterocycles. The van der Waals surface area contributed by atoms with Crippen LogP contribution < -0.4 is 10.5 Å². The second-order valence-electron chi connectivity index (χ2n) is 12.1. The molecule has 2 fully saturated rings. The number of fused-ring (bicyclic) bond motifs is 1. The Kier molecular flexibility index (Phi) is 8.06. The fourth-order valence-corrected chi connectivity index (χ4v) is 6.72. The Morgan fingerprint density at radius 2 is 1.71 bits per heavy atom. The molecule has 2 unspecified atom stereocenters. The van der Waals surface area contributed by atoms with Gasteiger partial charge in [-0.05, 0) is 79.8 Å². The normalized spacial score (nSPS) is 20.0. The SMILES string of the molecule is CC1CCCC(C)N1CCOc1ccc2cc(C(=N)c3cc(-c4n[nH]c(CC5CCCC5)n4)ccc3N)ccc2c1. The first-order valence-electron chi connectivity index (χ1n) is 15.3. The molecule has 0 radical (unpaired) electrons. The molecule has 1 aliphatic carbocycles. The van der Waals surface area contributed by atoms with Crippen molar-refractivity contribution in [1.82, 2.24) is 20.1 Å². The maximum atomic E-state index is 9.01. The summed E-state index contributed by atoms with van der Waals surface area (Å²) in [4.78, 5) is 7.33. The van der Waals surface area contributed by atoms with Crippen molar-refractivity contribution in [3.05, 3.63) is 71.5 Å². The topological polar surface area (TPSA) is 104 Å². The molecule has 4 aromatic rings. The van der Waals surface area contributed by atoms with Crippen LogP contribution in [-0.2, 0) is 6.42 Å². The maximum absolute atomic E-state index is 9.01. The largest absolute Gasteiger partial charge is 0.492 e. The molecule has 7 nitrogen and oxygen atoms in total. The van der Waals surface area contributed by atoms with Gasteiger partial charge in [0.2, 0.25) is 0 Å². The monoisotopic (exact) mass is 550 g/mol. The standard InChI is InChI=1S/C34H42N6O/c1-22-6-5-7-23(2)40(22)16-17-41-29-14-12-25-19-27(11-10-26(25)20-29)33(36)30-21-28(13-15-31(30)35)34-37-32(38-39-34)18-24-8-3-4-9-24/h10-15,19-24,36H,3-9,16-18,35H2,1-2H3,(H,37,38,39). The van der Waals surface area contributed by atoms with Gasteiger partial charge in [-0.2, -0.15) is 5.10 Å². The highest BCUT2D eigenvalue weighted by molar-refractivity contribution is 6.15. The van der Waals surface area contributed by atoms with Crippen LogP contribution in [0.25, 0.3) is 22.2 Å². The summed E-state index contributed by atoms with van der Waals surface area (Å²) < 4.78 is 6.16. The van der Waals surface area contributed by atoms with E-state index in [9.17, 15) is 0 Å². The van der Waals surface area contributed by atoms with Crippen molar-refractivity contribution in [3.8, 4) is 17.1 Å².